The molecule has 2 rings (SSSR count). The van der Waals surface area contributed by atoms with Gasteiger partial charge >= 0.3 is 5.97 Å². The zero-order valence-corrected chi connectivity index (χ0v) is 15.5. The Kier molecular flexibility index (Phi) is 7.21. The number of hydrogen-bond acceptors (Lipinski definition) is 4. The van der Waals surface area contributed by atoms with Crippen molar-refractivity contribution < 1.29 is 19.1 Å². The van der Waals surface area contributed by atoms with Crippen molar-refractivity contribution in [2.45, 2.75) is 33.2 Å². The van der Waals surface area contributed by atoms with Crippen molar-refractivity contribution in [3.63, 3.8) is 0 Å². The minimum absolute atomic E-state index is 0.0765. The maximum atomic E-state index is 12.1. The lowest BCUT2D eigenvalue weighted by Crippen LogP contribution is -2.29. The summed E-state index contributed by atoms with van der Waals surface area (Å²) in [6.07, 6.45) is 0.0765. The number of esters is 1. The molecular formula is C21H25NO4. The zero-order chi connectivity index (χ0) is 18.9. The fourth-order valence-electron chi connectivity index (χ4n) is 2.54. The van der Waals surface area contributed by atoms with Crippen LogP contribution in [0.25, 0.3) is 0 Å². The van der Waals surface area contributed by atoms with Gasteiger partial charge in [-0.25, -0.2) is 0 Å². The Bertz CT molecular complexity index is 740. The smallest absolute Gasteiger partial charge is 0.308 e. The van der Waals surface area contributed by atoms with E-state index in [1.54, 1.807) is 0 Å². The lowest BCUT2D eigenvalue weighted by molar-refractivity contribution is -0.145. The monoisotopic (exact) mass is 355 g/mol. The molecule has 0 bridgehead atoms. The van der Waals surface area contributed by atoms with Gasteiger partial charge in [0.25, 0.3) is 0 Å². The molecular weight excluding hydrogens is 330 g/mol. The quantitative estimate of drug-likeness (QED) is 0.581. The Hall–Kier alpha value is -2.82. The van der Waals surface area contributed by atoms with Crippen molar-refractivity contribution in [1.82, 2.24) is 5.32 Å². The second-order valence-corrected chi connectivity index (χ2v) is 6.25. The van der Waals surface area contributed by atoms with Gasteiger partial charge in [0.15, 0.2) is 0 Å². The third-order valence-electron chi connectivity index (χ3n) is 3.83. The van der Waals surface area contributed by atoms with E-state index in [0.29, 0.717) is 0 Å². The number of hydrogen-bond donors (Lipinski definition) is 1. The van der Waals surface area contributed by atoms with Gasteiger partial charge in [-0.2, -0.15) is 0 Å². The summed E-state index contributed by atoms with van der Waals surface area (Å²) in [7, 11) is 0. The molecule has 5 nitrogen and oxygen atoms in total. The highest BCUT2D eigenvalue weighted by molar-refractivity contribution is 5.76. The molecule has 0 aromatic heterocycles. The summed E-state index contributed by atoms with van der Waals surface area (Å²) in [5.41, 5.74) is 3.10. The first-order valence-corrected chi connectivity index (χ1v) is 8.63. The van der Waals surface area contributed by atoms with Gasteiger partial charge in [-0.1, -0.05) is 42.0 Å². The molecule has 138 valence electrons. The van der Waals surface area contributed by atoms with Gasteiger partial charge in [0.05, 0.1) is 12.5 Å². The van der Waals surface area contributed by atoms with Gasteiger partial charge in [0.2, 0.25) is 5.91 Å². The number of nitrogens with one attached hydrogen (secondary N) is 1. The minimum Gasteiger partial charge on any atom is -0.490 e. The standard InChI is InChI=1S/C21H25NO4/c1-15-7-9-18(10-8-15)20(22-17(3)23)14-21(24)26-12-11-25-19-6-4-5-16(2)13-19/h4-10,13,20H,11-12,14H2,1-3H3,(H,22,23). The molecule has 0 heterocycles. The Morgan fingerprint density at radius 3 is 2.38 bits per heavy atom. The van der Waals surface area contributed by atoms with Gasteiger partial charge in [-0.15, -0.1) is 0 Å². The minimum atomic E-state index is -0.404. The third-order valence-corrected chi connectivity index (χ3v) is 3.83. The van der Waals surface area contributed by atoms with Crippen molar-refractivity contribution in [3.05, 3.63) is 65.2 Å². The molecule has 0 radical (unpaired) electrons. The molecule has 5 heteroatoms. The van der Waals surface area contributed by atoms with E-state index in [9.17, 15) is 9.59 Å². The van der Waals surface area contributed by atoms with Crippen molar-refractivity contribution in [2.24, 2.45) is 0 Å². The van der Waals surface area contributed by atoms with Crippen LogP contribution in [0.1, 0.15) is 36.1 Å². The van der Waals surface area contributed by atoms with E-state index in [1.807, 2.05) is 62.4 Å². The van der Waals surface area contributed by atoms with Crippen LogP contribution in [0.4, 0.5) is 0 Å². The van der Waals surface area contributed by atoms with Crippen LogP contribution in [0, 0.1) is 13.8 Å². The van der Waals surface area contributed by atoms with Crippen LogP contribution in [0.15, 0.2) is 48.5 Å². The number of rotatable bonds is 8. The molecule has 1 atom stereocenters. The molecule has 1 unspecified atom stereocenters. The molecule has 0 aliphatic rings. The van der Waals surface area contributed by atoms with E-state index < -0.39 is 6.04 Å². The predicted octanol–water partition coefficient (Wildman–Crippen LogP) is 3.49. The molecule has 2 aromatic rings. The van der Waals surface area contributed by atoms with Crippen molar-refractivity contribution in [1.29, 1.82) is 0 Å². The summed E-state index contributed by atoms with van der Waals surface area (Å²) >= 11 is 0. The Labute approximate surface area is 154 Å². The van der Waals surface area contributed by atoms with E-state index in [4.69, 9.17) is 9.47 Å². The number of amides is 1. The van der Waals surface area contributed by atoms with E-state index in [0.717, 1.165) is 22.4 Å². The second-order valence-electron chi connectivity index (χ2n) is 6.25. The molecule has 0 saturated heterocycles. The lowest BCUT2D eigenvalue weighted by Gasteiger charge is -2.18. The third kappa shape index (κ3) is 6.59. The van der Waals surface area contributed by atoms with Crippen LogP contribution in [0.5, 0.6) is 5.75 Å². The first kappa shape index (κ1) is 19.5. The van der Waals surface area contributed by atoms with Crippen LogP contribution < -0.4 is 10.1 Å². The average Bonchev–Trinajstić information content (AvgIpc) is 2.58. The highest BCUT2D eigenvalue weighted by Crippen LogP contribution is 2.18. The van der Waals surface area contributed by atoms with Crippen LogP contribution in [-0.2, 0) is 14.3 Å². The highest BCUT2D eigenvalue weighted by Gasteiger charge is 2.18. The van der Waals surface area contributed by atoms with Gasteiger partial charge in [0.1, 0.15) is 19.0 Å². The normalized spacial score (nSPS) is 11.5. The van der Waals surface area contributed by atoms with Gasteiger partial charge < -0.3 is 14.8 Å². The van der Waals surface area contributed by atoms with Crippen LogP contribution >= 0.6 is 0 Å². The van der Waals surface area contributed by atoms with Gasteiger partial charge in [-0.05, 0) is 37.1 Å². The van der Waals surface area contributed by atoms with E-state index in [2.05, 4.69) is 5.32 Å². The fraction of sp³-hybridized carbons (Fsp3) is 0.333. The summed E-state index contributed by atoms with van der Waals surface area (Å²) in [6.45, 7) is 5.85. The lowest BCUT2D eigenvalue weighted by atomic mass is 10.0. The zero-order valence-electron chi connectivity index (χ0n) is 15.5. The maximum absolute atomic E-state index is 12.1. The molecule has 26 heavy (non-hydrogen) atoms. The number of benzene rings is 2. The number of carbonyl (C=O) groups is 2. The maximum Gasteiger partial charge on any atom is 0.308 e. The fourth-order valence-corrected chi connectivity index (χ4v) is 2.54. The van der Waals surface area contributed by atoms with Crippen molar-refractivity contribution in [3.8, 4) is 5.75 Å². The van der Waals surface area contributed by atoms with E-state index in [-0.39, 0.29) is 31.5 Å². The van der Waals surface area contributed by atoms with E-state index >= 15 is 0 Å². The SMILES string of the molecule is CC(=O)NC(CC(=O)OCCOc1cccc(C)c1)c1ccc(C)cc1. The van der Waals surface area contributed by atoms with Gasteiger partial charge in [-0.3, -0.25) is 9.59 Å². The molecule has 1 N–H and O–H groups in total. The summed E-state index contributed by atoms with van der Waals surface area (Å²) in [5.74, 6) is 0.181. The van der Waals surface area contributed by atoms with Crippen molar-refractivity contribution >= 4 is 11.9 Å². The summed E-state index contributed by atoms with van der Waals surface area (Å²) in [4.78, 5) is 23.5. The highest BCUT2D eigenvalue weighted by atomic mass is 16.6. The van der Waals surface area contributed by atoms with Gasteiger partial charge in [0, 0.05) is 6.92 Å². The first-order valence-electron chi connectivity index (χ1n) is 8.63. The molecule has 0 aliphatic carbocycles. The number of carbonyl (C=O) groups excluding carboxylic acids is 2. The molecule has 2 aromatic carbocycles. The predicted molar refractivity (Wildman–Crippen MR) is 100.0 cm³/mol. The topological polar surface area (TPSA) is 64.6 Å². The Balaban J connectivity index is 1.82. The van der Waals surface area contributed by atoms with Crippen molar-refractivity contribution in [2.75, 3.05) is 13.2 Å². The van der Waals surface area contributed by atoms with E-state index in [1.165, 1.54) is 6.92 Å². The van der Waals surface area contributed by atoms with Crippen LogP contribution in [-0.4, -0.2) is 25.1 Å². The average molecular weight is 355 g/mol. The Morgan fingerprint density at radius 2 is 1.73 bits per heavy atom. The number of ether oxygens (including phenoxy) is 2. The second kappa shape index (κ2) is 9.61. The van der Waals surface area contributed by atoms with Crippen LogP contribution in [0.2, 0.25) is 0 Å². The number of aryl methyl sites for hydroxylation is 2. The molecule has 0 aliphatic heterocycles. The summed E-state index contributed by atoms with van der Waals surface area (Å²) in [6, 6.07) is 15.0. The molecule has 0 spiro atoms. The molecule has 1 amide bonds. The van der Waals surface area contributed by atoms with Crippen LogP contribution in [0.3, 0.4) is 0 Å². The first-order chi connectivity index (χ1) is 12.4. The molecule has 0 fully saturated rings. The summed E-state index contributed by atoms with van der Waals surface area (Å²) in [5, 5.41) is 2.80. The Morgan fingerprint density at radius 1 is 1.00 bits per heavy atom. The largest absolute Gasteiger partial charge is 0.490 e. The molecule has 0 saturated carbocycles. The summed E-state index contributed by atoms with van der Waals surface area (Å²) < 4.78 is 10.8.